The van der Waals surface area contributed by atoms with Crippen LogP contribution in [0.4, 0.5) is 5.69 Å². The third-order valence-corrected chi connectivity index (χ3v) is 3.64. The van der Waals surface area contributed by atoms with E-state index in [1.165, 1.54) is 6.07 Å². The highest BCUT2D eigenvalue weighted by Crippen LogP contribution is 2.22. The van der Waals surface area contributed by atoms with Gasteiger partial charge in [-0.05, 0) is 43.3 Å². The van der Waals surface area contributed by atoms with Crippen LogP contribution in [0.15, 0.2) is 53.1 Å². The molecule has 0 aliphatic heterocycles. The number of para-hydroxylation sites is 2. The number of benzene rings is 2. The van der Waals surface area contributed by atoms with Gasteiger partial charge in [-0.15, -0.1) is 0 Å². The van der Waals surface area contributed by atoms with Crippen molar-refractivity contribution in [2.75, 3.05) is 11.9 Å². The molecule has 1 amide bonds. The number of phenols is 1. The summed E-state index contributed by atoms with van der Waals surface area (Å²) in [5, 5.41) is 16.2. The third kappa shape index (κ3) is 4.38. The number of amides is 1. The highest BCUT2D eigenvalue weighted by Gasteiger charge is 2.12. The lowest BCUT2D eigenvalue weighted by atomic mass is 10.2. The zero-order valence-electron chi connectivity index (χ0n) is 14.3. The minimum Gasteiger partial charge on any atom is -0.506 e. The standard InChI is InChI=1S/C19H19N3O4/c1-2-25-14-9-7-13(8-10-14)19-21-18(26-22-19)12-11-17(24)20-15-5-3-4-6-16(15)23/h3-10,23H,2,11-12H2,1H3,(H,20,24). The van der Waals surface area contributed by atoms with Gasteiger partial charge in [-0.1, -0.05) is 17.3 Å². The Bertz CT molecular complexity index is 875. The second-order valence-corrected chi connectivity index (χ2v) is 5.53. The first-order valence-electron chi connectivity index (χ1n) is 8.29. The first kappa shape index (κ1) is 17.5. The zero-order chi connectivity index (χ0) is 18.4. The van der Waals surface area contributed by atoms with Gasteiger partial charge in [-0.3, -0.25) is 4.79 Å². The van der Waals surface area contributed by atoms with Crippen molar-refractivity contribution in [1.29, 1.82) is 0 Å². The van der Waals surface area contributed by atoms with Crippen LogP contribution in [0.3, 0.4) is 0 Å². The van der Waals surface area contributed by atoms with Gasteiger partial charge >= 0.3 is 0 Å². The van der Waals surface area contributed by atoms with Crippen molar-refractivity contribution in [3.05, 3.63) is 54.4 Å². The number of aryl methyl sites for hydroxylation is 1. The maximum Gasteiger partial charge on any atom is 0.227 e. The first-order valence-corrected chi connectivity index (χ1v) is 8.29. The molecule has 0 fully saturated rings. The smallest absolute Gasteiger partial charge is 0.227 e. The van der Waals surface area contributed by atoms with Crippen molar-refractivity contribution in [3.63, 3.8) is 0 Å². The monoisotopic (exact) mass is 353 g/mol. The molecule has 0 spiro atoms. The van der Waals surface area contributed by atoms with Crippen molar-refractivity contribution in [2.24, 2.45) is 0 Å². The number of phenolic OH excluding ortho intramolecular Hbond substituents is 1. The van der Waals surface area contributed by atoms with Gasteiger partial charge in [-0.2, -0.15) is 4.98 Å². The molecule has 0 unspecified atom stereocenters. The fraction of sp³-hybridized carbons (Fsp3) is 0.211. The Kier molecular flexibility index (Phi) is 5.48. The number of carbonyl (C=O) groups excluding carboxylic acids is 1. The number of aromatic hydroxyl groups is 1. The van der Waals surface area contributed by atoms with Crippen molar-refractivity contribution < 1.29 is 19.2 Å². The minimum atomic E-state index is -0.243. The number of hydrogen-bond acceptors (Lipinski definition) is 6. The van der Waals surface area contributed by atoms with E-state index in [0.29, 0.717) is 30.4 Å². The van der Waals surface area contributed by atoms with Gasteiger partial charge in [0.2, 0.25) is 17.6 Å². The van der Waals surface area contributed by atoms with Gasteiger partial charge < -0.3 is 19.7 Å². The van der Waals surface area contributed by atoms with Gasteiger partial charge in [0, 0.05) is 18.4 Å². The van der Waals surface area contributed by atoms with Crippen LogP contribution < -0.4 is 10.1 Å². The Morgan fingerprint density at radius 1 is 1.19 bits per heavy atom. The quantitative estimate of drug-likeness (QED) is 0.632. The fourth-order valence-corrected chi connectivity index (χ4v) is 2.35. The van der Waals surface area contributed by atoms with Gasteiger partial charge in [0.05, 0.1) is 12.3 Å². The van der Waals surface area contributed by atoms with Crippen LogP contribution in [-0.4, -0.2) is 27.8 Å². The third-order valence-electron chi connectivity index (χ3n) is 3.64. The molecular weight excluding hydrogens is 334 g/mol. The molecule has 2 N–H and O–H groups in total. The zero-order valence-corrected chi connectivity index (χ0v) is 14.3. The van der Waals surface area contributed by atoms with E-state index in [1.54, 1.807) is 18.2 Å². The maximum absolute atomic E-state index is 12.0. The van der Waals surface area contributed by atoms with E-state index in [2.05, 4.69) is 15.5 Å². The number of nitrogens with zero attached hydrogens (tertiary/aromatic N) is 2. The summed E-state index contributed by atoms with van der Waals surface area (Å²) < 4.78 is 10.6. The van der Waals surface area contributed by atoms with E-state index in [-0.39, 0.29) is 18.1 Å². The molecule has 7 nitrogen and oxygen atoms in total. The van der Waals surface area contributed by atoms with Crippen molar-refractivity contribution in [2.45, 2.75) is 19.8 Å². The Balaban J connectivity index is 1.56. The number of ether oxygens (including phenoxy) is 1. The summed E-state index contributed by atoms with van der Waals surface area (Å²) in [5.74, 6) is 1.40. The van der Waals surface area contributed by atoms with E-state index in [1.807, 2.05) is 31.2 Å². The van der Waals surface area contributed by atoms with E-state index in [0.717, 1.165) is 11.3 Å². The van der Waals surface area contributed by atoms with Crippen LogP contribution in [0.2, 0.25) is 0 Å². The summed E-state index contributed by atoms with van der Waals surface area (Å²) in [7, 11) is 0. The van der Waals surface area contributed by atoms with Crippen LogP contribution in [0.25, 0.3) is 11.4 Å². The second kappa shape index (κ2) is 8.15. The molecule has 7 heteroatoms. The van der Waals surface area contributed by atoms with Crippen LogP contribution >= 0.6 is 0 Å². The maximum atomic E-state index is 12.0. The lowest BCUT2D eigenvalue weighted by Crippen LogP contribution is -2.12. The Morgan fingerprint density at radius 3 is 2.69 bits per heavy atom. The highest BCUT2D eigenvalue weighted by molar-refractivity contribution is 5.92. The van der Waals surface area contributed by atoms with Gasteiger partial charge in [0.1, 0.15) is 11.5 Å². The van der Waals surface area contributed by atoms with Crippen molar-refractivity contribution >= 4 is 11.6 Å². The molecule has 26 heavy (non-hydrogen) atoms. The average molecular weight is 353 g/mol. The number of anilines is 1. The summed E-state index contributed by atoms with van der Waals surface area (Å²) in [6, 6.07) is 13.9. The van der Waals surface area contributed by atoms with Gasteiger partial charge in [-0.25, -0.2) is 0 Å². The number of nitrogens with one attached hydrogen (secondary N) is 1. The summed E-state index contributed by atoms with van der Waals surface area (Å²) in [6.45, 7) is 2.53. The van der Waals surface area contributed by atoms with Crippen LogP contribution in [0.1, 0.15) is 19.2 Å². The lowest BCUT2D eigenvalue weighted by Gasteiger charge is -2.05. The predicted molar refractivity (Wildman–Crippen MR) is 96.0 cm³/mol. The summed E-state index contributed by atoms with van der Waals surface area (Å²) in [4.78, 5) is 16.3. The molecule has 1 aromatic heterocycles. The topological polar surface area (TPSA) is 97.5 Å². The Hall–Kier alpha value is -3.35. The summed E-state index contributed by atoms with van der Waals surface area (Å²) >= 11 is 0. The first-order chi connectivity index (χ1) is 12.7. The fourth-order valence-electron chi connectivity index (χ4n) is 2.35. The van der Waals surface area contributed by atoms with Gasteiger partial charge in [0.25, 0.3) is 0 Å². The molecule has 0 saturated heterocycles. The van der Waals surface area contributed by atoms with E-state index in [9.17, 15) is 9.90 Å². The number of rotatable bonds is 7. The predicted octanol–water partition coefficient (Wildman–Crippen LogP) is 3.41. The Morgan fingerprint density at radius 2 is 1.96 bits per heavy atom. The van der Waals surface area contributed by atoms with Crippen LogP contribution in [-0.2, 0) is 11.2 Å². The molecular formula is C19H19N3O4. The van der Waals surface area contributed by atoms with Crippen molar-refractivity contribution in [3.8, 4) is 22.9 Å². The molecule has 0 atom stereocenters. The molecule has 0 saturated carbocycles. The molecule has 0 aliphatic carbocycles. The normalized spacial score (nSPS) is 10.5. The van der Waals surface area contributed by atoms with E-state index in [4.69, 9.17) is 9.26 Å². The molecule has 1 heterocycles. The number of carbonyl (C=O) groups is 1. The molecule has 3 aromatic rings. The second-order valence-electron chi connectivity index (χ2n) is 5.53. The number of hydrogen-bond donors (Lipinski definition) is 2. The minimum absolute atomic E-state index is 0.0245. The van der Waals surface area contributed by atoms with E-state index >= 15 is 0 Å². The summed E-state index contributed by atoms with van der Waals surface area (Å²) in [6.07, 6.45) is 0.475. The van der Waals surface area contributed by atoms with Gasteiger partial charge in [0.15, 0.2) is 0 Å². The SMILES string of the molecule is CCOc1ccc(-c2noc(CCC(=O)Nc3ccccc3O)n2)cc1. The molecule has 134 valence electrons. The molecule has 3 rings (SSSR count). The molecule has 0 bridgehead atoms. The molecule has 2 aromatic carbocycles. The molecule has 0 radical (unpaired) electrons. The average Bonchev–Trinajstić information content (AvgIpc) is 3.12. The summed E-state index contributed by atoms with van der Waals surface area (Å²) in [5.41, 5.74) is 1.18. The van der Waals surface area contributed by atoms with Crippen molar-refractivity contribution in [1.82, 2.24) is 10.1 Å². The lowest BCUT2D eigenvalue weighted by molar-refractivity contribution is -0.116. The molecule has 0 aliphatic rings. The number of aromatic nitrogens is 2. The van der Waals surface area contributed by atoms with E-state index < -0.39 is 0 Å². The largest absolute Gasteiger partial charge is 0.506 e. The van der Waals surface area contributed by atoms with Crippen LogP contribution in [0.5, 0.6) is 11.5 Å². The highest BCUT2D eigenvalue weighted by atomic mass is 16.5. The van der Waals surface area contributed by atoms with Crippen LogP contribution in [0, 0.1) is 0 Å². The Labute approximate surface area is 150 Å².